The molecule has 1 rings (SSSR count). The highest BCUT2D eigenvalue weighted by atomic mass is 16.4. The van der Waals surface area contributed by atoms with E-state index in [1.807, 2.05) is 0 Å². The Balaban J connectivity index is 2.75. The predicted octanol–water partition coefficient (Wildman–Crippen LogP) is -4.99. The van der Waals surface area contributed by atoms with Gasteiger partial charge in [-0.2, -0.15) is 0 Å². The first kappa shape index (κ1) is 37.9. The summed E-state index contributed by atoms with van der Waals surface area (Å²) in [6.07, 6.45) is -6.63. The van der Waals surface area contributed by atoms with E-state index in [1.54, 1.807) is 0 Å². The molecule has 1 fully saturated rings. The van der Waals surface area contributed by atoms with Crippen LogP contribution >= 0.6 is 0 Å². The number of primary amides is 1. The fourth-order valence-corrected chi connectivity index (χ4v) is 4.16. The van der Waals surface area contributed by atoms with Gasteiger partial charge in [0.2, 0.25) is 29.5 Å². The van der Waals surface area contributed by atoms with Crippen LogP contribution in [0.25, 0.3) is 0 Å². The number of hydrogen-bond donors (Lipinski definition) is 11. The van der Waals surface area contributed by atoms with Gasteiger partial charge in [-0.15, -0.1) is 0 Å². The second-order valence-corrected chi connectivity index (χ2v) is 10.6. The Morgan fingerprint density at radius 3 is 1.98 bits per heavy atom. The zero-order valence-corrected chi connectivity index (χ0v) is 24.3. The third kappa shape index (κ3) is 13.0. The minimum absolute atomic E-state index is 0.0894. The van der Waals surface area contributed by atoms with Crippen molar-refractivity contribution in [2.24, 2.45) is 5.73 Å². The topological polar surface area (TPSA) is 307 Å². The van der Waals surface area contributed by atoms with Crippen LogP contribution in [0.3, 0.4) is 0 Å². The number of unbranched alkanes of at least 4 members (excludes halogenated alkanes) is 1. The Bertz CT molecular complexity index is 1090. The maximum atomic E-state index is 13.0. The molecule has 44 heavy (non-hydrogen) atoms. The summed E-state index contributed by atoms with van der Waals surface area (Å²) in [5, 5.41) is 61.0. The number of hydrogen-bond acceptors (Lipinski definition) is 11. The zero-order chi connectivity index (χ0) is 33.6. The molecule has 1 aliphatic carbocycles. The van der Waals surface area contributed by atoms with E-state index >= 15 is 0 Å². The highest BCUT2D eigenvalue weighted by molar-refractivity contribution is 5.95. The van der Waals surface area contributed by atoms with Crippen LogP contribution in [0.15, 0.2) is 12.2 Å². The Kier molecular flexibility index (Phi) is 15.4. The standard InChI is InChI=1S/C26H42N6O12/c1-13(2)23(41)30-12-19(36)29-11-18(35)28-8-4-3-5-15(24(42)31-14(22(27)40)6-7-20(37)38)32-25(43)26(44)9-16(33)21(39)17(34)10-26/h14-17,21,33-34,39,44H,1,3-12H2,2H3,(H2,27,40)(H,28,35)(H,29,36)(H,30,41)(H,31,42)(H,32,43)(H,37,38)/t14-,15-,16-,17-,21?,26?/m0/s1. The molecule has 248 valence electrons. The molecule has 0 radical (unpaired) electrons. The van der Waals surface area contributed by atoms with Gasteiger partial charge in [-0.05, 0) is 32.6 Å². The fraction of sp³-hybridized carbons (Fsp3) is 0.654. The molecule has 6 amide bonds. The molecule has 0 bridgehead atoms. The van der Waals surface area contributed by atoms with E-state index in [9.17, 15) is 54.0 Å². The normalized spacial score (nSPS) is 22.4. The number of amides is 6. The van der Waals surface area contributed by atoms with Crippen LogP contribution in [0.4, 0.5) is 0 Å². The molecule has 0 heterocycles. The number of aliphatic hydroxyl groups excluding tert-OH is 3. The van der Waals surface area contributed by atoms with Crippen LogP contribution in [0, 0.1) is 0 Å². The summed E-state index contributed by atoms with van der Waals surface area (Å²) in [4.78, 5) is 83.8. The van der Waals surface area contributed by atoms with E-state index in [1.165, 1.54) is 6.92 Å². The quantitative estimate of drug-likeness (QED) is 0.0501. The monoisotopic (exact) mass is 630 g/mol. The summed E-state index contributed by atoms with van der Waals surface area (Å²) in [6.45, 7) is 4.25. The van der Waals surface area contributed by atoms with Crippen molar-refractivity contribution in [2.75, 3.05) is 19.6 Å². The number of carboxylic acids is 1. The number of nitrogens with one attached hydrogen (secondary N) is 5. The van der Waals surface area contributed by atoms with Crippen LogP contribution < -0.4 is 32.3 Å². The maximum absolute atomic E-state index is 13.0. The van der Waals surface area contributed by atoms with Crippen LogP contribution in [-0.2, 0) is 33.6 Å². The molecule has 1 aliphatic rings. The first-order valence-electron chi connectivity index (χ1n) is 13.8. The van der Waals surface area contributed by atoms with E-state index in [2.05, 4.69) is 33.2 Å². The van der Waals surface area contributed by atoms with Crippen molar-refractivity contribution in [1.82, 2.24) is 26.6 Å². The van der Waals surface area contributed by atoms with Gasteiger partial charge in [-0.1, -0.05) is 6.58 Å². The number of carboxylic acid groups (broad SMARTS) is 1. The minimum atomic E-state index is -2.35. The van der Waals surface area contributed by atoms with Gasteiger partial charge in [0.25, 0.3) is 5.91 Å². The molecule has 18 nitrogen and oxygen atoms in total. The Morgan fingerprint density at radius 1 is 0.864 bits per heavy atom. The SMILES string of the molecule is C=C(C)C(=O)NCC(=O)NCC(=O)NCCCC[C@H](NC(=O)C1(O)C[C@H](O)C(O)[C@@H](O)C1)C(=O)N[C@@H](CCC(=O)O)C(N)=O. The molecule has 0 spiro atoms. The molecular formula is C26H42N6O12. The van der Waals surface area contributed by atoms with Crippen molar-refractivity contribution in [1.29, 1.82) is 0 Å². The first-order chi connectivity index (χ1) is 20.5. The lowest BCUT2D eigenvalue weighted by Crippen LogP contribution is -2.62. The van der Waals surface area contributed by atoms with E-state index in [0.717, 1.165) is 0 Å². The Labute approximate surface area is 252 Å². The third-order valence-corrected chi connectivity index (χ3v) is 6.72. The second-order valence-electron chi connectivity index (χ2n) is 10.6. The highest BCUT2D eigenvalue weighted by Crippen LogP contribution is 2.29. The number of carbonyl (C=O) groups excluding carboxylic acids is 6. The van der Waals surface area contributed by atoms with Gasteiger partial charge in [0.05, 0.1) is 25.3 Å². The van der Waals surface area contributed by atoms with Gasteiger partial charge in [0, 0.05) is 31.4 Å². The molecule has 1 saturated carbocycles. The number of aliphatic carboxylic acids is 1. The lowest BCUT2D eigenvalue weighted by molar-refractivity contribution is -0.173. The van der Waals surface area contributed by atoms with Gasteiger partial charge in [-0.3, -0.25) is 33.6 Å². The predicted molar refractivity (Wildman–Crippen MR) is 150 cm³/mol. The average Bonchev–Trinajstić information content (AvgIpc) is 2.94. The Morgan fingerprint density at radius 2 is 1.43 bits per heavy atom. The van der Waals surface area contributed by atoms with Gasteiger partial charge in [0.15, 0.2) is 0 Å². The van der Waals surface area contributed by atoms with Crippen molar-refractivity contribution < 1.29 is 59.1 Å². The van der Waals surface area contributed by atoms with Crippen LogP contribution in [-0.4, -0.2) is 123 Å². The molecule has 0 unspecified atom stereocenters. The second kappa shape index (κ2) is 17.9. The summed E-state index contributed by atoms with van der Waals surface area (Å²) in [5.41, 5.74) is 3.12. The van der Waals surface area contributed by atoms with E-state index < -0.39 is 96.7 Å². The van der Waals surface area contributed by atoms with Crippen LogP contribution in [0.1, 0.15) is 51.9 Å². The number of carbonyl (C=O) groups is 7. The molecule has 0 aromatic rings. The molecule has 0 saturated heterocycles. The summed E-state index contributed by atoms with van der Waals surface area (Å²) in [5.74, 6) is -6.01. The molecular weight excluding hydrogens is 588 g/mol. The van der Waals surface area contributed by atoms with Crippen molar-refractivity contribution in [3.8, 4) is 0 Å². The Hall–Kier alpha value is -4.13. The van der Waals surface area contributed by atoms with E-state index in [4.69, 9.17) is 10.8 Å². The number of aliphatic hydroxyl groups is 4. The molecule has 0 aromatic heterocycles. The molecule has 4 atom stereocenters. The third-order valence-electron chi connectivity index (χ3n) is 6.72. The lowest BCUT2D eigenvalue weighted by atomic mass is 9.79. The number of nitrogens with two attached hydrogens (primary N) is 1. The largest absolute Gasteiger partial charge is 0.481 e. The summed E-state index contributed by atoms with van der Waals surface area (Å²) >= 11 is 0. The highest BCUT2D eigenvalue weighted by Gasteiger charge is 2.49. The average molecular weight is 631 g/mol. The van der Waals surface area contributed by atoms with Crippen molar-refractivity contribution in [3.63, 3.8) is 0 Å². The summed E-state index contributed by atoms with van der Waals surface area (Å²) in [7, 11) is 0. The van der Waals surface area contributed by atoms with Crippen LogP contribution in [0.5, 0.6) is 0 Å². The number of rotatable bonds is 18. The maximum Gasteiger partial charge on any atom is 0.303 e. The molecule has 0 aromatic carbocycles. The summed E-state index contributed by atoms with van der Waals surface area (Å²) < 4.78 is 0. The van der Waals surface area contributed by atoms with Crippen LogP contribution in [0.2, 0.25) is 0 Å². The summed E-state index contributed by atoms with van der Waals surface area (Å²) in [6, 6.07) is -2.79. The smallest absolute Gasteiger partial charge is 0.303 e. The van der Waals surface area contributed by atoms with Crippen molar-refractivity contribution >= 4 is 41.4 Å². The lowest BCUT2D eigenvalue weighted by Gasteiger charge is -2.39. The van der Waals surface area contributed by atoms with Gasteiger partial charge in [0.1, 0.15) is 23.8 Å². The first-order valence-corrected chi connectivity index (χ1v) is 13.8. The van der Waals surface area contributed by atoms with E-state index in [0.29, 0.717) is 0 Å². The molecule has 18 heteroatoms. The zero-order valence-electron chi connectivity index (χ0n) is 24.3. The van der Waals surface area contributed by atoms with Gasteiger partial charge < -0.3 is 57.9 Å². The minimum Gasteiger partial charge on any atom is -0.481 e. The van der Waals surface area contributed by atoms with Crippen molar-refractivity contribution in [2.45, 2.75) is 87.9 Å². The van der Waals surface area contributed by atoms with Gasteiger partial charge >= 0.3 is 5.97 Å². The van der Waals surface area contributed by atoms with Gasteiger partial charge in [-0.25, -0.2) is 0 Å². The van der Waals surface area contributed by atoms with E-state index in [-0.39, 0.29) is 50.9 Å². The molecule has 12 N–H and O–H groups in total. The van der Waals surface area contributed by atoms with Crippen molar-refractivity contribution in [3.05, 3.63) is 12.2 Å². The molecule has 0 aliphatic heterocycles. The fourth-order valence-electron chi connectivity index (χ4n) is 4.16.